The van der Waals surface area contributed by atoms with Gasteiger partial charge in [-0.3, -0.25) is 4.79 Å². The fraction of sp³-hybridized carbons (Fsp3) is 0.500. The van der Waals surface area contributed by atoms with Gasteiger partial charge in [0, 0.05) is 26.4 Å². The number of carbonyl (C=O) groups is 1. The minimum atomic E-state index is 0.129. The van der Waals surface area contributed by atoms with Gasteiger partial charge in [-0.2, -0.15) is 0 Å². The molecule has 3 rings (SSSR count). The van der Waals surface area contributed by atoms with E-state index in [-0.39, 0.29) is 11.3 Å². The maximum Gasteiger partial charge on any atom is 0.255 e. The van der Waals surface area contributed by atoms with Crippen LogP contribution in [0.25, 0.3) is 0 Å². The van der Waals surface area contributed by atoms with Gasteiger partial charge in [0.05, 0.1) is 5.56 Å². The summed E-state index contributed by atoms with van der Waals surface area (Å²) in [6.45, 7) is 0. The molecule has 2 atom stereocenters. The van der Waals surface area contributed by atoms with Crippen molar-refractivity contribution in [2.45, 2.75) is 43.1 Å². The summed E-state index contributed by atoms with van der Waals surface area (Å²) in [7, 11) is 0. The summed E-state index contributed by atoms with van der Waals surface area (Å²) in [5, 5.41) is 0.229. The second-order valence-corrected chi connectivity index (χ2v) is 7.68. The first-order valence-corrected chi connectivity index (χ1v) is 8.50. The van der Waals surface area contributed by atoms with Crippen LogP contribution in [0.4, 0.5) is 0 Å². The van der Waals surface area contributed by atoms with Gasteiger partial charge in [-0.1, -0.05) is 15.9 Å². The number of carbonyl (C=O) groups excluding carboxylic acids is 1. The van der Waals surface area contributed by atoms with Crippen LogP contribution in [0.1, 0.15) is 36.0 Å². The van der Waals surface area contributed by atoms with Crippen molar-refractivity contribution in [3.05, 3.63) is 32.7 Å². The average molecular weight is 408 g/mol. The van der Waals surface area contributed by atoms with Gasteiger partial charge in [0.15, 0.2) is 0 Å². The van der Waals surface area contributed by atoms with E-state index in [2.05, 4.69) is 36.8 Å². The van der Waals surface area contributed by atoms with Gasteiger partial charge in [-0.25, -0.2) is 0 Å². The Kier molecular flexibility index (Phi) is 3.93. The van der Waals surface area contributed by atoms with Crippen LogP contribution in [0.15, 0.2) is 27.1 Å². The van der Waals surface area contributed by atoms with Crippen molar-refractivity contribution in [1.29, 1.82) is 0 Å². The average Bonchev–Trinajstić information content (AvgIpc) is 2.64. The molecule has 0 radical (unpaired) electrons. The summed E-state index contributed by atoms with van der Waals surface area (Å²) in [6.07, 6.45) is 4.03. The topological polar surface area (TPSA) is 20.3 Å². The number of hydrogen-bond acceptors (Lipinski definition) is 1. The highest BCUT2D eigenvalue weighted by molar-refractivity contribution is 9.11. The maximum atomic E-state index is 12.8. The molecule has 1 aromatic rings. The number of rotatable bonds is 1. The molecule has 2 unspecified atom stereocenters. The lowest BCUT2D eigenvalue weighted by Crippen LogP contribution is -2.47. The predicted octanol–water partition coefficient (Wildman–Crippen LogP) is 4.59. The van der Waals surface area contributed by atoms with E-state index >= 15 is 0 Å². The van der Waals surface area contributed by atoms with Crippen molar-refractivity contribution in [3.63, 3.8) is 0 Å². The summed E-state index contributed by atoms with van der Waals surface area (Å²) in [5.74, 6) is 0.129. The first-order valence-electron chi connectivity index (χ1n) is 6.48. The molecule has 2 aliphatic heterocycles. The Labute approximate surface area is 134 Å². The Morgan fingerprint density at radius 3 is 2.47 bits per heavy atom. The van der Waals surface area contributed by atoms with Gasteiger partial charge in [0.2, 0.25) is 0 Å². The number of amides is 1. The highest BCUT2D eigenvalue weighted by Crippen LogP contribution is 2.39. The van der Waals surface area contributed by atoms with Crippen LogP contribution >= 0.6 is 43.5 Å². The lowest BCUT2D eigenvalue weighted by molar-refractivity contribution is 0.0598. The van der Waals surface area contributed by atoms with Gasteiger partial charge in [-0.05, 0) is 59.8 Å². The Morgan fingerprint density at radius 1 is 1.21 bits per heavy atom. The van der Waals surface area contributed by atoms with Gasteiger partial charge < -0.3 is 4.90 Å². The van der Waals surface area contributed by atoms with Gasteiger partial charge >= 0.3 is 0 Å². The van der Waals surface area contributed by atoms with Crippen molar-refractivity contribution in [3.8, 4) is 0 Å². The predicted molar refractivity (Wildman–Crippen MR) is 83.7 cm³/mol. The molecule has 0 N–H and O–H groups in total. The minimum absolute atomic E-state index is 0.129. The van der Waals surface area contributed by atoms with Crippen LogP contribution in [-0.4, -0.2) is 28.3 Å². The van der Waals surface area contributed by atoms with Gasteiger partial charge in [0.1, 0.15) is 0 Å². The lowest BCUT2D eigenvalue weighted by Gasteiger charge is -2.37. The number of hydrogen-bond donors (Lipinski definition) is 0. The van der Waals surface area contributed by atoms with E-state index in [0.29, 0.717) is 12.1 Å². The highest BCUT2D eigenvalue weighted by atomic mass is 79.9. The molecule has 0 aliphatic carbocycles. The molecule has 2 saturated heterocycles. The molecular weight excluding hydrogens is 393 g/mol. The van der Waals surface area contributed by atoms with Crippen LogP contribution in [0, 0.1) is 0 Å². The summed E-state index contributed by atoms with van der Waals surface area (Å²) in [5.41, 5.74) is 0.735. The van der Waals surface area contributed by atoms with E-state index in [4.69, 9.17) is 11.6 Å². The lowest BCUT2D eigenvalue weighted by atomic mass is 10.0. The number of alkyl halides is 1. The molecule has 1 aromatic carbocycles. The zero-order valence-electron chi connectivity index (χ0n) is 10.3. The number of fused-ring (bicyclic) bond motifs is 2. The molecule has 2 aliphatic rings. The van der Waals surface area contributed by atoms with E-state index < -0.39 is 0 Å². The first-order chi connectivity index (χ1) is 9.06. The number of benzene rings is 1. The molecule has 2 nitrogen and oxygen atoms in total. The van der Waals surface area contributed by atoms with Crippen molar-refractivity contribution in [1.82, 2.24) is 4.90 Å². The van der Waals surface area contributed by atoms with Crippen molar-refractivity contribution < 1.29 is 4.79 Å². The van der Waals surface area contributed by atoms with Crippen molar-refractivity contribution >= 4 is 49.4 Å². The highest BCUT2D eigenvalue weighted by Gasteiger charge is 2.43. The third-order valence-corrected chi connectivity index (χ3v) is 5.61. The summed E-state index contributed by atoms with van der Waals surface area (Å²) in [6, 6.07) is 6.37. The second-order valence-electron chi connectivity index (χ2n) is 5.29. The third kappa shape index (κ3) is 2.59. The molecular formula is C14H14Br2ClNO. The largest absolute Gasteiger partial charge is 0.333 e. The monoisotopic (exact) mass is 405 g/mol. The quantitative estimate of drug-likeness (QED) is 0.624. The molecule has 2 fully saturated rings. The zero-order chi connectivity index (χ0) is 13.6. The van der Waals surface area contributed by atoms with Crippen molar-refractivity contribution in [2.75, 3.05) is 0 Å². The molecule has 19 heavy (non-hydrogen) atoms. The zero-order valence-corrected chi connectivity index (χ0v) is 14.2. The third-order valence-electron chi connectivity index (χ3n) is 4.07. The number of piperidine rings is 1. The Hall–Kier alpha value is -0.0600. The number of nitrogens with zero attached hydrogens (tertiary/aromatic N) is 1. The Morgan fingerprint density at radius 2 is 1.84 bits per heavy atom. The fourth-order valence-electron chi connectivity index (χ4n) is 3.24. The minimum Gasteiger partial charge on any atom is -0.333 e. The fourth-order valence-corrected chi connectivity index (χ4v) is 4.43. The van der Waals surface area contributed by atoms with Crippen LogP contribution in [0.5, 0.6) is 0 Å². The van der Waals surface area contributed by atoms with Gasteiger partial charge in [-0.15, -0.1) is 11.6 Å². The van der Waals surface area contributed by atoms with Crippen LogP contribution in [-0.2, 0) is 0 Å². The summed E-state index contributed by atoms with van der Waals surface area (Å²) in [4.78, 5) is 14.8. The normalized spacial score (nSPS) is 29.6. The van der Waals surface area contributed by atoms with E-state index in [1.54, 1.807) is 0 Å². The molecule has 1 amide bonds. The van der Waals surface area contributed by atoms with Crippen molar-refractivity contribution in [2.24, 2.45) is 0 Å². The molecule has 5 heteroatoms. The molecule has 0 aromatic heterocycles. The number of halogens is 3. The maximum absolute atomic E-state index is 12.8. The molecule has 2 bridgehead atoms. The standard InChI is InChI=1S/C14H14Br2ClNO/c15-8-1-4-13(16)12(5-8)14(19)18-10-2-3-11(18)7-9(17)6-10/h1,4-5,9-11H,2-3,6-7H2. The molecule has 0 spiro atoms. The van der Waals surface area contributed by atoms with Crippen LogP contribution in [0.2, 0.25) is 0 Å². The Bertz CT molecular complexity index is 508. The second kappa shape index (κ2) is 5.38. The van der Waals surface area contributed by atoms with Crippen LogP contribution in [0.3, 0.4) is 0 Å². The van der Waals surface area contributed by atoms with Crippen LogP contribution < -0.4 is 0 Å². The van der Waals surface area contributed by atoms with Gasteiger partial charge in [0.25, 0.3) is 5.91 Å². The SMILES string of the molecule is O=C(c1cc(Br)ccc1Br)N1C2CCC1CC(Cl)C2. The smallest absolute Gasteiger partial charge is 0.255 e. The first kappa shape index (κ1) is 13.9. The Balaban J connectivity index is 1.90. The van der Waals surface area contributed by atoms with E-state index in [9.17, 15) is 4.79 Å². The molecule has 2 heterocycles. The molecule has 0 saturated carbocycles. The summed E-state index contributed by atoms with van der Waals surface area (Å²) >= 11 is 13.2. The van der Waals surface area contributed by atoms with E-state index in [1.807, 2.05) is 18.2 Å². The summed E-state index contributed by atoms with van der Waals surface area (Å²) < 4.78 is 1.78. The van der Waals surface area contributed by atoms with E-state index in [0.717, 1.165) is 40.2 Å². The molecule has 102 valence electrons. The van der Waals surface area contributed by atoms with E-state index in [1.165, 1.54) is 0 Å².